The normalized spacial score (nSPS) is 10.3. The van der Waals surface area contributed by atoms with E-state index in [0.717, 1.165) is 0 Å². The Morgan fingerprint density at radius 1 is 1.18 bits per heavy atom. The molecule has 0 spiro atoms. The Balaban J connectivity index is 2.28. The molecule has 0 saturated carbocycles. The summed E-state index contributed by atoms with van der Waals surface area (Å²) < 4.78 is 0. The molecule has 6 nitrogen and oxygen atoms in total. The van der Waals surface area contributed by atoms with E-state index in [-0.39, 0.29) is 27.8 Å². The molecule has 0 aliphatic carbocycles. The van der Waals surface area contributed by atoms with E-state index in [9.17, 15) is 14.9 Å². The molecule has 0 aliphatic heterocycles. The number of rotatable bonds is 5. The third-order valence-electron chi connectivity index (χ3n) is 2.82. The van der Waals surface area contributed by atoms with E-state index in [4.69, 9.17) is 28.3 Å². The lowest BCUT2D eigenvalue weighted by Gasteiger charge is -2.09. The van der Waals surface area contributed by atoms with Crippen LogP contribution in [0.1, 0.15) is 5.56 Å². The fraction of sp³-hybridized carbons (Fsp3) is 0.0714. The lowest BCUT2D eigenvalue weighted by molar-refractivity contribution is -0.383. The summed E-state index contributed by atoms with van der Waals surface area (Å²) in [5.41, 5.74) is 1.19. The van der Waals surface area contributed by atoms with Crippen molar-refractivity contribution in [3.63, 3.8) is 0 Å². The molecule has 114 valence electrons. The number of hydrogen-bond acceptors (Lipinski definition) is 4. The van der Waals surface area contributed by atoms with E-state index in [2.05, 4.69) is 5.32 Å². The topological polar surface area (TPSA) is 92.5 Å². The van der Waals surface area contributed by atoms with Gasteiger partial charge in [0.25, 0.3) is 5.69 Å². The summed E-state index contributed by atoms with van der Waals surface area (Å²) in [6, 6.07) is 9.05. The van der Waals surface area contributed by atoms with Crippen LogP contribution in [0.2, 0.25) is 10.0 Å². The molecular formula is C14H10Cl2N2O4. The Kier molecular flexibility index (Phi) is 4.85. The van der Waals surface area contributed by atoms with Gasteiger partial charge in [0.05, 0.1) is 21.4 Å². The van der Waals surface area contributed by atoms with Crippen molar-refractivity contribution in [1.29, 1.82) is 0 Å². The van der Waals surface area contributed by atoms with E-state index >= 15 is 0 Å². The van der Waals surface area contributed by atoms with Crippen LogP contribution in [0.4, 0.5) is 17.1 Å². The SMILES string of the molecule is O=C(O)Cc1ccc(Nc2cc(Cl)c(Cl)cc2[N+](=O)[O-])cc1. The van der Waals surface area contributed by atoms with E-state index < -0.39 is 10.9 Å². The first-order chi connectivity index (χ1) is 10.4. The highest BCUT2D eigenvalue weighted by molar-refractivity contribution is 6.42. The molecule has 0 bridgehead atoms. The molecule has 0 aromatic heterocycles. The van der Waals surface area contributed by atoms with Gasteiger partial charge in [-0.25, -0.2) is 0 Å². The average molecular weight is 341 g/mol. The van der Waals surface area contributed by atoms with Crippen LogP contribution in [0, 0.1) is 10.1 Å². The van der Waals surface area contributed by atoms with Gasteiger partial charge in [0.1, 0.15) is 5.69 Å². The number of nitro groups is 1. The van der Waals surface area contributed by atoms with Crippen LogP contribution in [-0.4, -0.2) is 16.0 Å². The number of carboxylic acids is 1. The van der Waals surface area contributed by atoms with E-state index in [1.807, 2.05) is 0 Å². The minimum Gasteiger partial charge on any atom is -0.481 e. The summed E-state index contributed by atoms with van der Waals surface area (Å²) in [6.07, 6.45) is -0.0901. The number of nitrogens with zero attached hydrogens (tertiary/aromatic N) is 1. The summed E-state index contributed by atoms with van der Waals surface area (Å²) >= 11 is 11.7. The summed E-state index contributed by atoms with van der Waals surface area (Å²) in [4.78, 5) is 21.1. The number of carboxylic acid groups (broad SMARTS) is 1. The van der Waals surface area contributed by atoms with E-state index in [1.54, 1.807) is 24.3 Å². The molecule has 0 atom stereocenters. The van der Waals surface area contributed by atoms with Crippen molar-refractivity contribution in [3.8, 4) is 0 Å². The number of hydrogen-bond donors (Lipinski definition) is 2. The molecule has 2 N–H and O–H groups in total. The number of carbonyl (C=O) groups is 1. The summed E-state index contributed by atoms with van der Waals surface area (Å²) in [5.74, 6) is -0.930. The maximum Gasteiger partial charge on any atom is 0.307 e. The van der Waals surface area contributed by atoms with Crippen molar-refractivity contribution in [2.75, 3.05) is 5.32 Å². The van der Waals surface area contributed by atoms with Crippen molar-refractivity contribution >= 4 is 46.2 Å². The third-order valence-corrected chi connectivity index (χ3v) is 3.55. The Bertz CT molecular complexity index is 732. The van der Waals surface area contributed by atoms with Crippen molar-refractivity contribution in [1.82, 2.24) is 0 Å². The Morgan fingerprint density at radius 2 is 1.77 bits per heavy atom. The van der Waals surface area contributed by atoms with Gasteiger partial charge in [-0.15, -0.1) is 0 Å². The standard InChI is InChI=1S/C14H10Cl2N2O4/c15-10-6-12(13(18(21)22)7-11(10)16)17-9-3-1-8(2-4-9)5-14(19)20/h1-4,6-7,17H,5H2,(H,19,20). The highest BCUT2D eigenvalue weighted by Gasteiger charge is 2.17. The fourth-order valence-electron chi connectivity index (χ4n) is 1.82. The van der Waals surface area contributed by atoms with E-state index in [0.29, 0.717) is 11.3 Å². The molecule has 2 rings (SSSR count). The zero-order valence-corrected chi connectivity index (χ0v) is 12.6. The first-order valence-corrected chi connectivity index (χ1v) is 6.83. The highest BCUT2D eigenvalue weighted by atomic mass is 35.5. The molecule has 0 unspecified atom stereocenters. The van der Waals surface area contributed by atoms with Crippen LogP contribution >= 0.6 is 23.2 Å². The second-order valence-corrected chi connectivity index (χ2v) is 5.25. The molecule has 0 saturated heterocycles. The largest absolute Gasteiger partial charge is 0.481 e. The van der Waals surface area contributed by atoms with E-state index in [1.165, 1.54) is 12.1 Å². The molecule has 22 heavy (non-hydrogen) atoms. The van der Waals surface area contributed by atoms with Gasteiger partial charge in [0, 0.05) is 11.8 Å². The van der Waals surface area contributed by atoms with Gasteiger partial charge in [0.15, 0.2) is 0 Å². The first-order valence-electron chi connectivity index (χ1n) is 6.08. The summed E-state index contributed by atoms with van der Waals surface area (Å²) in [6.45, 7) is 0. The fourth-order valence-corrected chi connectivity index (χ4v) is 2.15. The lowest BCUT2D eigenvalue weighted by atomic mass is 10.1. The number of halogens is 2. The summed E-state index contributed by atoms with van der Waals surface area (Å²) in [5, 5.41) is 22.9. The van der Waals surface area contributed by atoms with Gasteiger partial charge in [0.2, 0.25) is 0 Å². The second kappa shape index (κ2) is 6.64. The number of nitro benzene ring substituents is 1. The van der Waals surface area contributed by atoms with Gasteiger partial charge in [-0.2, -0.15) is 0 Å². The smallest absolute Gasteiger partial charge is 0.307 e. The highest BCUT2D eigenvalue weighted by Crippen LogP contribution is 2.35. The van der Waals surface area contributed by atoms with Gasteiger partial charge in [-0.05, 0) is 23.8 Å². The van der Waals surface area contributed by atoms with Gasteiger partial charge < -0.3 is 10.4 Å². The van der Waals surface area contributed by atoms with Gasteiger partial charge in [-0.1, -0.05) is 35.3 Å². The van der Waals surface area contributed by atoms with Crippen LogP contribution in [0.25, 0.3) is 0 Å². The molecule has 0 fully saturated rings. The maximum atomic E-state index is 11.0. The lowest BCUT2D eigenvalue weighted by Crippen LogP contribution is -2.00. The molecule has 0 radical (unpaired) electrons. The molecule has 2 aromatic carbocycles. The Labute approximate surface area is 135 Å². The zero-order valence-electron chi connectivity index (χ0n) is 11.0. The first kappa shape index (κ1) is 16.1. The predicted molar refractivity (Wildman–Crippen MR) is 84.2 cm³/mol. The second-order valence-electron chi connectivity index (χ2n) is 4.43. The Hall–Kier alpha value is -2.31. The molecule has 0 amide bonds. The average Bonchev–Trinajstić information content (AvgIpc) is 2.44. The van der Waals surface area contributed by atoms with Crippen LogP contribution in [0.15, 0.2) is 36.4 Å². The van der Waals surface area contributed by atoms with Gasteiger partial charge in [-0.3, -0.25) is 14.9 Å². The molecule has 2 aromatic rings. The zero-order chi connectivity index (χ0) is 16.3. The monoisotopic (exact) mass is 340 g/mol. The van der Waals surface area contributed by atoms with Crippen LogP contribution < -0.4 is 5.32 Å². The van der Waals surface area contributed by atoms with Crippen molar-refractivity contribution in [2.24, 2.45) is 0 Å². The van der Waals surface area contributed by atoms with Gasteiger partial charge >= 0.3 is 5.97 Å². The number of benzene rings is 2. The predicted octanol–water partition coefficient (Wildman–Crippen LogP) is 4.27. The van der Waals surface area contributed by atoms with Crippen LogP contribution in [0.5, 0.6) is 0 Å². The maximum absolute atomic E-state index is 11.0. The number of anilines is 2. The number of aliphatic carboxylic acids is 1. The minimum atomic E-state index is -0.930. The Morgan fingerprint density at radius 3 is 2.32 bits per heavy atom. The summed E-state index contributed by atoms with van der Waals surface area (Å²) in [7, 11) is 0. The van der Waals surface area contributed by atoms with Crippen molar-refractivity contribution in [2.45, 2.75) is 6.42 Å². The van der Waals surface area contributed by atoms with Crippen molar-refractivity contribution < 1.29 is 14.8 Å². The van der Waals surface area contributed by atoms with Crippen LogP contribution in [0.3, 0.4) is 0 Å². The minimum absolute atomic E-state index is 0.0901. The molecule has 0 aliphatic rings. The van der Waals surface area contributed by atoms with Crippen LogP contribution in [-0.2, 0) is 11.2 Å². The third kappa shape index (κ3) is 3.87. The quantitative estimate of drug-likeness (QED) is 0.626. The molecule has 0 heterocycles. The molecular weight excluding hydrogens is 331 g/mol. The van der Waals surface area contributed by atoms with Crippen molar-refractivity contribution in [3.05, 3.63) is 62.1 Å². The molecule has 8 heteroatoms. The number of nitrogens with one attached hydrogen (secondary N) is 1.